The molecule has 0 aromatic heterocycles. The number of ether oxygens (including phenoxy) is 4. The number of carbonyl (C=O) groups excluding carboxylic acids is 1. The highest BCUT2D eigenvalue weighted by Crippen LogP contribution is 2.41. The number of carbonyl (C=O) groups is 1. The normalized spacial score (nSPS) is 15.6. The number of Topliss-reactive ketones (excluding diaryl/α,β-unsaturated/α-hetero) is 1. The molecule has 168 valence electrons. The molecule has 0 aliphatic carbocycles. The van der Waals surface area contributed by atoms with Crippen LogP contribution in [0.15, 0.2) is 52.7 Å². The maximum absolute atomic E-state index is 13.0. The second kappa shape index (κ2) is 9.03. The zero-order chi connectivity index (χ0) is 23.1. The molecule has 0 atom stereocenters. The van der Waals surface area contributed by atoms with E-state index in [1.807, 2.05) is 19.1 Å². The molecule has 2 aliphatic heterocycles. The van der Waals surface area contributed by atoms with Gasteiger partial charge in [0.15, 0.2) is 12.6 Å². The van der Waals surface area contributed by atoms with E-state index in [9.17, 15) is 4.79 Å². The number of hydrogen-bond donors (Lipinski definition) is 0. The fourth-order valence-electron chi connectivity index (χ4n) is 3.80. The molecule has 0 spiro atoms. The Hall–Kier alpha value is -2.51. The average Bonchev–Trinajstić information content (AvgIpc) is 3.11. The van der Waals surface area contributed by atoms with Gasteiger partial charge in [-0.05, 0) is 49.4 Å². The minimum absolute atomic E-state index is 0.162. The molecule has 3 aromatic rings. The number of rotatable bonds is 4. The Labute approximate surface area is 208 Å². The van der Waals surface area contributed by atoms with Crippen LogP contribution in [0.4, 0.5) is 0 Å². The number of hydrogen-bond acceptors (Lipinski definition) is 5. The Bertz CT molecular complexity index is 1300. The molecule has 0 radical (unpaired) electrons. The highest BCUT2D eigenvalue weighted by atomic mass is 79.9. The third-order valence-corrected chi connectivity index (χ3v) is 6.63. The quantitative estimate of drug-likeness (QED) is 0.325. The van der Waals surface area contributed by atoms with E-state index in [0.717, 1.165) is 15.6 Å². The third-order valence-electron chi connectivity index (χ3n) is 5.46. The van der Waals surface area contributed by atoms with Crippen LogP contribution in [0.3, 0.4) is 0 Å². The highest BCUT2D eigenvalue weighted by molar-refractivity contribution is 9.10. The van der Waals surface area contributed by atoms with Crippen molar-refractivity contribution >= 4 is 51.0 Å². The summed E-state index contributed by atoms with van der Waals surface area (Å²) in [4.78, 5) is 13.0. The highest BCUT2D eigenvalue weighted by Gasteiger charge is 2.31. The molecule has 0 bridgehead atoms. The summed E-state index contributed by atoms with van der Waals surface area (Å²) in [6, 6.07) is 12.6. The van der Waals surface area contributed by atoms with Crippen molar-refractivity contribution < 1.29 is 23.7 Å². The Balaban J connectivity index is 1.44. The summed E-state index contributed by atoms with van der Waals surface area (Å²) in [5.74, 6) is 1.76. The molecule has 0 N–H and O–H groups in total. The van der Waals surface area contributed by atoms with Crippen LogP contribution in [0.5, 0.6) is 17.2 Å². The van der Waals surface area contributed by atoms with Gasteiger partial charge in [0.2, 0.25) is 5.78 Å². The zero-order valence-corrected chi connectivity index (χ0v) is 20.5. The first-order chi connectivity index (χ1) is 15.9. The molecule has 0 saturated carbocycles. The van der Waals surface area contributed by atoms with Crippen LogP contribution < -0.4 is 14.2 Å². The van der Waals surface area contributed by atoms with Crippen molar-refractivity contribution in [3.8, 4) is 17.2 Å². The van der Waals surface area contributed by atoms with E-state index in [2.05, 4.69) is 15.9 Å². The monoisotopic (exact) mass is 546 g/mol. The summed E-state index contributed by atoms with van der Waals surface area (Å²) in [6.07, 6.45) is 1.70. The van der Waals surface area contributed by atoms with Gasteiger partial charge in [0.25, 0.3) is 0 Å². The van der Waals surface area contributed by atoms with E-state index in [0.29, 0.717) is 50.6 Å². The number of benzene rings is 3. The van der Waals surface area contributed by atoms with Crippen LogP contribution in [0.25, 0.3) is 6.08 Å². The molecule has 0 saturated heterocycles. The fourth-order valence-corrected chi connectivity index (χ4v) is 4.83. The van der Waals surface area contributed by atoms with Crippen LogP contribution in [0, 0.1) is 6.92 Å². The third kappa shape index (κ3) is 4.24. The van der Waals surface area contributed by atoms with Crippen molar-refractivity contribution in [2.24, 2.45) is 0 Å². The van der Waals surface area contributed by atoms with Crippen LogP contribution in [0.1, 0.15) is 32.6 Å². The fraction of sp³-hybridized carbons (Fsp3) is 0.160. The lowest BCUT2D eigenvalue weighted by Gasteiger charge is -2.20. The summed E-state index contributed by atoms with van der Waals surface area (Å²) in [7, 11) is 0. The summed E-state index contributed by atoms with van der Waals surface area (Å²) >= 11 is 16.0. The first kappa shape index (κ1) is 22.3. The lowest BCUT2D eigenvalue weighted by Crippen LogP contribution is -2.12. The van der Waals surface area contributed by atoms with Crippen LogP contribution in [-0.4, -0.2) is 12.6 Å². The standard InChI is InChI=1S/C25H17BrCl2O5/c1-13-21(31-11-18-19(27)3-2-4-20(18)28)6-5-17-23(29)22(33-24(13)17)9-14-7-16(26)8-15-10-30-12-32-25(14)15/h2-9H,10-12H2,1H3/b22-9-. The predicted octanol–water partition coefficient (Wildman–Crippen LogP) is 7.13. The summed E-state index contributed by atoms with van der Waals surface area (Å²) in [5.41, 5.74) is 3.53. The second-order valence-corrected chi connectivity index (χ2v) is 9.32. The van der Waals surface area contributed by atoms with E-state index in [-0.39, 0.29) is 24.9 Å². The molecule has 5 nitrogen and oxygen atoms in total. The van der Waals surface area contributed by atoms with Gasteiger partial charge in [-0.3, -0.25) is 4.79 Å². The van der Waals surface area contributed by atoms with Gasteiger partial charge in [0, 0.05) is 36.8 Å². The van der Waals surface area contributed by atoms with Gasteiger partial charge in [-0.1, -0.05) is 45.2 Å². The minimum Gasteiger partial charge on any atom is -0.488 e. The minimum atomic E-state index is -0.199. The maximum Gasteiger partial charge on any atom is 0.231 e. The molecule has 2 heterocycles. The maximum atomic E-state index is 13.0. The summed E-state index contributed by atoms with van der Waals surface area (Å²) < 4.78 is 23.9. The number of allylic oxidation sites excluding steroid dienone is 1. The molecular formula is C25H17BrCl2O5. The van der Waals surface area contributed by atoms with Crippen molar-refractivity contribution in [3.05, 3.63) is 90.6 Å². The lowest BCUT2D eigenvalue weighted by atomic mass is 10.0. The molecule has 0 amide bonds. The predicted molar refractivity (Wildman–Crippen MR) is 129 cm³/mol. The van der Waals surface area contributed by atoms with Crippen molar-refractivity contribution in [1.82, 2.24) is 0 Å². The van der Waals surface area contributed by atoms with Crippen LogP contribution in [-0.2, 0) is 18.0 Å². The van der Waals surface area contributed by atoms with Gasteiger partial charge in [-0.15, -0.1) is 0 Å². The molecule has 0 unspecified atom stereocenters. The van der Waals surface area contributed by atoms with E-state index < -0.39 is 0 Å². The summed E-state index contributed by atoms with van der Waals surface area (Å²) in [5, 5.41) is 1.06. The summed E-state index contributed by atoms with van der Waals surface area (Å²) in [6.45, 7) is 2.64. The van der Waals surface area contributed by atoms with E-state index in [4.69, 9.17) is 42.1 Å². The van der Waals surface area contributed by atoms with Crippen molar-refractivity contribution in [2.75, 3.05) is 6.79 Å². The van der Waals surface area contributed by atoms with Crippen LogP contribution in [0.2, 0.25) is 10.0 Å². The van der Waals surface area contributed by atoms with Gasteiger partial charge >= 0.3 is 0 Å². The largest absolute Gasteiger partial charge is 0.488 e. The molecule has 33 heavy (non-hydrogen) atoms. The molecule has 5 rings (SSSR count). The Morgan fingerprint density at radius 2 is 1.91 bits per heavy atom. The van der Waals surface area contributed by atoms with E-state index in [1.165, 1.54) is 0 Å². The first-order valence-corrected chi connectivity index (χ1v) is 11.6. The molecular weight excluding hydrogens is 531 g/mol. The SMILES string of the molecule is Cc1c(OCc2c(Cl)cccc2Cl)ccc2c1O/C(=C\c1cc(Br)cc3c1OCOC3)C2=O. The van der Waals surface area contributed by atoms with Gasteiger partial charge in [0.05, 0.1) is 12.2 Å². The molecule has 3 aromatic carbocycles. The zero-order valence-electron chi connectivity index (χ0n) is 17.4. The Morgan fingerprint density at radius 1 is 1.12 bits per heavy atom. The number of halogens is 3. The topological polar surface area (TPSA) is 54.0 Å². The second-order valence-electron chi connectivity index (χ2n) is 7.59. The molecule has 8 heteroatoms. The first-order valence-electron chi connectivity index (χ1n) is 10.1. The smallest absolute Gasteiger partial charge is 0.231 e. The molecule has 2 aliphatic rings. The van der Waals surface area contributed by atoms with Gasteiger partial charge in [-0.25, -0.2) is 0 Å². The number of fused-ring (bicyclic) bond motifs is 2. The average molecular weight is 548 g/mol. The van der Waals surface area contributed by atoms with Crippen molar-refractivity contribution in [3.63, 3.8) is 0 Å². The van der Waals surface area contributed by atoms with Gasteiger partial charge in [0.1, 0.15) is 23.9 Å². The van der Waals surface area contributed by atoms with Crippen LogP contribution >= 0.6 is 39.1 Å². The molecule has 0 fully saturated rings. The van der Waals surface area contributed by atoms with E-state index >= 15 is 0 Å². The van der Waals surface area contributed by atoms with Crippen molar-refractivity contribution in [2.45, 2.75) is 20.1 Å². The number of ketones is 1. The van der Waals surface area contributed by atoms with Crippen molar-refractivity contribution in [1.29, 1.82) is 0 Å². The lowest BCUT2D eigenvalue weighted by molar-refractivity contribution is -0.0165. The van der Waals surface area contributed by atoms with E-state index in [1.54, 1.807) is 36.4 Å². The Kier molecular flexibility index (Phi) is 6.10. The van der Waals surface area contributed by atoms with Gasteiger partial charge < -0.3 is 18.9 Å². The van der Waals surface area contributed by atoms with Gasteiger partial charge in [-0.2, -0.15) is 0 Å². The Morgan fingerprint density at radius 3 is 2.70 bits per heavy atom.